The minimum atomic E-state index is 0.0124. The van der Waals surface area contributed by atoms with Crippen molar-refractivity contribution in [3.8, 4) is 0 Å². The molecule has 1 N–H and O–H groups in total. The Bertz CT molecular complexity index is 422. The molecule has 1 aromatic heterocycles. The molecule has 0 spiro atoms. The maximum Gasteiger partial charge on any atom is 0.144 e. The Hall–Kier alpha value is -0.640. The van der Waals surface area contributed by atoms with E-state index < -0.39 is 0 Å². The van der Waals surface area contributed by atoms with Gasteiger partial charge in [-0.15, -0.1) is 0 Å². The average Bonchev–Trinajstić information content (AvgIpc) is 2.28. The molecule has 0 fully saturated rings. The van der Waals surface area contributed by atoms with Crippen molar-refractivity contribution in [1.82, 2.24) is 9.97 Å². The molecule has 0 atom stereocenters. The van der Waals surface area contributed by atoms with Crippen LogP contribution in [0, 0.1) is 5.92 Å². The number of nitrogens with zero attached hydrogens (tertiary/aromatic N) is 2. The zero-order valence-electron chi connectivity index (χ0n) is 13.0. The lowest BCUT2D eigenvalue weighted by molar-refractivity contribution is 0.543. The molecule has 0 aromatic carbocycles. The van der Waals surface area contributed by atoms with Gasteiger partial charge in [0.05, 0.1) is 10.2 Å². The van der Waals surface area contributed by atoms with Gasteiger partial charge in [0.2, 0.25) is 0 Å². The number of hydrogen-bond acceptors (Lipinski definition) is 3. The van der Waals surface area contributed by atoms with Crippen molar-refractivity contribution in [1.29, 1.82) is 0 Å². The van der Waals surface area contributed by atoms with E-state index in [1.54, 1.807) is 0 Å². The minimum Gasteiger partial charge on any atom is -0.369 e. The molecule has 0 saturated carbocycles. The molecule has 0 radical (unpaired) electrons. The van der Waals surface area contributed by atoms with Crippen molar-refractivity contribution < 1.29 is 0 Å². The Morgan fingerprint density at radius 1 is 1.21 bits per heavy atom. The summed E-state index contributed by atoms with van der Waals surface area (Å²) in [6.45, 7) is 14.0. The van der Waals surface area contributed by atoms with Crippen LogP contribution >= 0.6 is 15.9 Å². The van der Waals surface area contributed by atoms with E-state index in [1.807, 2.05) is 0 Å². The van der Waals surface area contributed by atoms with E-state index in [4.69, 9.17) is 4.98 Å². The third kappa shape index (κ3) is 4.75. The van der Waals surface area contributed by atoms with Crippen molar-refractivity contribution in [2.75, 3.05) is 11.9 Å². The van der Waals surface area contributed by atoms with Crippen molar-refractivity contribution in [3.05, 3.63) is 16.0 Å². The first-order valence-corrected chi connectivity index (χ1v) is 7.85. The molecule has 0 unspecified atom stereocenters. The molecule has 0 aliphatic carbocycles. The van der Waals surface area contributed by atoms with Gasteiger partial charge < -0.3 is 5.32 Å². The van der Waals surface area contributed by atoms with Gasteiger partial charge in [-0.1, -0.05) is 34.6 Å². The fourth-order valence-electron chi connectivity index (χ4n) is 1.80. The summed E-state index contributed by atoms with van der Waals surface area (Å²) in [4.78, 5) is 9.40. The number of aryl methyl sites for hydroxylation is 1. The largest absolute Gasteiger partial charge is 0.369 e. The third-order valence-electron chi connectivity index (χ3n) is 2.90. The van der Waals surface area contributed by atoms with Gasteiger partial charge >= 0.3 is 0 Å². The van der Waals surface area contributed by atoms with Crippen LogP contribution in [0.1, 0.15) is 59.5 Å². The molecule has 108 valence electrons. The molecule has 19 heavy (non-hydrogen) atoms. The highest BCUT2D eigenvalue weighted by atomic mass is 79.9. The molecule has 3 nitrogen and oxygen atoms in total. The molecule has 0 amide bonds. The van der Waals surface area contributed by atoms with E-state index in [-0.39, 0.29) is 5.41 Å². The van der Waals surface area contributed by atoms with Crippen LogP contribution in [0.15, 0.2) is 4.47 Å². The molecule has 0 aliphatic heterocycles. The molecule has 0 aliphatic rings. The van der Waals surface area contributed by atoms with E-state index >= 15 is 0 Å². The molecular weight excluding hydrogens is 302 g/mol. The van der Waals surface area contributed by atoms with Crippen molar-refractivity contribution >= 4 is 21.7 Å². The van der Waals surface area contributed by atoms with Crippen LogP contribution in [0.3, 0.4) is 0 Å². The quantitative estimate of drug-likeness (QED) is 0.861. The summed E-state index contributed by atoms with van der Waals surface area (Å²) in [6, 6.07) is 0. The highest BCUT2D eigenvalue weighted by Gasteiger charge is 2.23. The standard InChI is InChI=1S/C15H26BrN3/c1-7-17-14-12(16)13(15(4,5)6)18-11(19-14)9-8-10(2)3/h10H,7-9H2,1-6H3,(H,17,18,19). The number of halogens is 1. The number of hydrogen-bond donors (Lipinski definition) is 1. The lowest BCUT2D eigenvalue weighted by atomic mass is 9.91. The Balaban J connectivity index is 3.15. The lowest BCUT2D eigenvalue weighted by Crippen LogP contribution is -2.18. The molecule has 0 saturated heterocycles. The Labute approximate surface area is 125 Å². The summed E-state index contributed by atoms with van der Waals surface area (Å²) in [7, 11) is 0. The second kappa shape index (κ2) is 6.69. The van der Waals surface area contributed by atoms with Gasteiger partial charge in [-0.05, 0) is 35.2 Å². The van der Waals surface area contributed by atoms with Crippen LogP contribution in [-0.2, 0) is 11.8 Å². The molecule has 4 heteroatoms. The fraction of sp³-hybridized carbons (Fsp3) is 0.733. The van der Waals surface area contributed by atoms with Gasteiger partial charge in [-0.2, -0.15) is 0 Å². The van der Waals surface area contributed by atoms with Gasteiger partial charge in [0.15, 0.2) is 0 Å². The van der Waals surface area contributed by atoms with Crippen molar-refractivity contribution in [2.24, 2.45) is 5.92 Å². The predicted octanol–water partition coefficient (Wildman–Crippen LogP) is 4.56. The van der Waals surface area contributed by atoms with Crippen LogP contribution in [0.25, 0.3) is 0 Å². The summed E-state index contributed by atoms with van der Waals surface area (Å²) < 4.78 is 0.996. The van der Waals surface area contributed by atoms with E-state index in [0.717, 1.165) is 41.2 Å². The molecule has 1 rings (SSSR count). The summed E-state index contributed by atoms with van der Waals surface area (Å²) >= 11 is 3.64. The first-order valence-electron chi connectivity index (χ1n) is 7.06. The fourth-order valence-corrected chi connectivity index (χ4v) is 2.72. The topological polar surface area (TPSA) is 37.8 Å². The summed E-state index contributed by atoms with van der Waals surface area (Å²) in [6.07, 6.45) is 2.06. The van der Waals surface area contributed by atoms with Crippen molar-refractivity contribution in [3.63, 3.8) is 0 Å². The van der Waals surface area contributed by atoms with Gasteiger partial charge in [-0.25, -0.2) is 9.97 Å². The highest BCUT2D eigenvalue weighted by molar-refractivity contribution is 9.10. The van der Waals surface area contributed by atoms with Gasteiger partial charge in [0.25, 0.3) is 0 Å². The van der Waals surface area contributed by atoms with Crippen molar-refractivity contribution in [2.45, 2.75) is 59.8 Å². The summed E-state index contributed by atoms with van der Waals surface area (Å²) in [5.41, 5.74) is 1.09. The van der Waals surface area contributed by atoms with E-state index in [1.165, 1.54) is 0 Å². The van der Waals surface area contributed by atoms with Crippen LogP contribution in [0.4, 0.5) is 5.82 Å². The second-order valence-electron chi connectivity index (χ2n) is 6.36. The van der Waals surface area contributed by atoms with Crippen LogP contribution in [0.2, 0.25) is 0 Å². The van der Waals surface area contributed by atoms with E-state index in [0.29, 0.717) is 5.92 Å². The van der Waals surface area contributed by atoms with E-state index in [9.17, 15) is 0 Å². The SMILES string of the molecule is CCNc1nc(CCC(C)C)nc(C(C)(C)C)c1Br. The van der Waals surface area contributed by atoms with Gasteiger partial charge in [0, 0.05) is 18.4 Å². The Morgan fingerprint density at radius 2 is 1.84 bits per heavy atom. The molecule has 0 bridgehead atoms. The summed E-state index contributed by atoms with van der Waals surface area (Å²) in [5, 5.41) is 3.32. The number of anilines is 1. The Kier molecular flexibility index (Phi) is 5.78. The lowest BCUT2D eigenvalue weighted by Gasteiger charge is -2.22. The smallest absolute Gasteiger partial charge is 0.144 e. The van der Waals surface area contributed by atoms with Gasteiger partial charge in [0.1, 0.15) is 11.6 Å². The molecule has 1 heterocycles. The Morgan fingerprint density at radius 3 is 2.32 bits per heavy atom. The minimum absolute atomic E-state index is 0.0124. The maximum absolute atomic E-state index is 4.76. The maximum atomic E-state index is 4.76. The highest BCUT2D eigenvalue weighted by Crippen LogP contribution is 2.32. The van der Waals surface area contributed by atoms with Crippen LogP contribution in [-0.4, -0.2) is 16.5 Å². The van der Waals surface area contributed by atoms with Gasteiger partial charge in [-0.3, -0.25) is 0 Å². The predicted molar refractivity (Wildman–Crippen MR) is 85.8 cm³/mol. The first-order chi connectivity index (χ1) is 8.75. The average molecular weight is 328 g/mol. The normalized spacial score (nSPS) is 12.0. The second-order valence-corrected chi connectivity index (χ2v) is 7.16. The molecule has 1 aromatic rings. The number of rotatable bonds is 5. The third-order valence-corrected chi connectivity index (χ3v) is 3.65. The monoisotopic (exact) mass is 327 g/mol. The summed E-state index contributed by atoms with van der Waals surface area (Å²) in [5.74, 6) is 2.53. The van der Waals surface area contributed by atoms with E-state index in [2.05, 4.69) is 67.8 Å². The van der Waals surface area contributed by atoms with Crippen LogP contribution < -0.4 is 5.32 Å². The first kappa shape index (κ1) is 16.4. The van der Waals surface area contributed by atoms with Crippen LogP contribution in [0.5, 0.6) is 0 Å². The zero-order valence-corrected chi connectivity index (χ0v) is 14.6. The number of nitrogens with one attached hydrogen (secondary N) is 1. The molecular formula is C15H26BrN3. The number of aromatic nitrogens is 2. The zero-order chi connectivity index (χ0) is 14.6.